The third kappa shape index (κ3) is 3.16. The molecule has 2 aromatic carbocycles. The maximum Gasteiger partial charge on any atom is 0.255 e. The van der Waals surface area contributed by atoms with Crippen molar-refractivity contribution >= 4 is 22.6 Å². The van der Waals surface area contributed by atoms with Crippen LogP contribution in [-0.4, -0.2) is 37.7 Å². The first-order valence-corrected chi connectivity index (χ1v) is 8.44. The fourth-order valence-electron chi connectivity index (χ4n) is 3.37. The zero-order valence-electron chi connectivity index (χ0n) is 14.6. The molecule has 3 atom stereocenters. The van der Waals surface area contributed by atoms with Gasteiger partial charge in [0.1, 0.15) is 18.1 Å². The van der Waals surface area contributed by atoms with Crippen molar-refractivity contribution in [2.24, 2.45) is 11.7 Å². The quantitative estimate of drug-likeness (QED) is 0.826. The smallest absolute Gasteiger partial charge is 0.255 e. The van der Waals surface area contributed by atoms with Crippen molar-refractivity contribution in [3.63, 3.8) is 0 Å². The number of amides is 2. The lowest BCUT2D eigenvalue weighted by molar-refractivity contribution is -0.123. The van der Waals surface area contributed by atoms with Gasteiger partial charge in [-0.3, -0.25) is 9.59 Å². The van der Waals surface area contributed by atoms with Gasteiger partial charge in [0.2, 0.25) is 0 Å². The summed E-state index contributed by atoms with van der Waals surface area (Å²) >= 11 is 0. The van der Waals surface area contributed by atoms with Crippen LogP contribution in [0.3, 0.4) is 0 Å². The second-order valence-corrected chi connectivity index (χ2v) is 6.29. The average Bonchev–Trinajstić information content (AvgIpc) is 2.91. The molecular formula is C19H21FN2O4. The predicted molar refractivity (Wildman–Crippen MR) is 95.1 cm³/mol. The molecule has 1 saturated heterocycles. The minimum absolute atomic E-state index is 0.156. The molecule has 1 fully saturated rings. The van der Waals surface area contributed by atoms with E-state index < -0.39 is 23.9 Å². The van der Waals surface area contributed by atoms with E-state index in [-0.39, 0.29) is 18.2 Å². The van der Waals surface area contributed by atoms with Gasteiger partial charge in [-0.15, -0.1) is 0 Å². The summed E-state index contributed by atoms with van der Waals surface area (Å²) in [5, 5.41) is 4.15. The number of alkyl halides is 1. The standard InChI is InChI=1S/C19H21FN2O4/c1-3-11-14(22-19(24)17(11)20)9-26-15-6-4-5-10-7-13(18(21)23)16(25-2)8-12(10)15/h4-8,11,14,17H,3,9H2,1-2H3,(H2,21,23)(H,22,24)/t11-,14+,17-/m0/s1. The van der Waals surface area contributed by atoms with Crippen LogP contribution in [0.5, 0.6) is 11.5 Å². The minimum Gasteiger partial charge on any atom is -0.496 e. The molecule has 6 nitrogen and oxygen atoms in total. The van der Waals surface area contributed by atoms with Gasteiger partial charge >= 0.3 is 0 Å². The van der Waals surface area contributed by atoms with Crippen molar-refractivity contribution < 1.29 is 23.5 Å². The molecule has 0 bridgehead atoms. The van der Waals surface area contributed by atoms with E-state index in [2.05, 4.69) is 5.32 Å². The zero-order valence-corrected chi connectivity index (χ0v) is 14.6. The van der Waals surface area contributed by atoms with Crippen LogP contribution in [0.2, 0.25) is 0 Å². The van der Waals surface area contributed by atoms with E-state index >= 15 is 0 Å². The van der Waals surface area contributed by atoms with E-state index in [1.54, 1.807) is 24.3 Å². The van der Waals surface area contributed by atoms with E-state index in [0.717, 1.165) is 10.8 Å². The number of hydrogen-bond donors (Lipinski definition) is 2. The van der Waals surface area contributed by atoms with Gasteiger partial charge in [-0.1, -0.05) is 19.1 Å². The van der Waals surface area contributed by atoms with Gasteiger partial charge < -0.3 is 20.5 Å². The fourth-order valence-corrected chi connectivity index (χ4v) is 3.37. The van der Waals surface area contributed by atoms with Crippen LogP contribution in [0.1, 0.15) is 23.7 Å². The number of ether oxygens (including phenoxy) is 2. The molecule has 3 rings (SSSR count). The van der Waals surface area contributed by atoms with E-state index in [9.17, 15) is 14.0 Å². The van der Waals surface area contributed by atoms with Crippen molar-refractivity contribution in [2.75, 3.05) is 13.7 Å². The highest BCUT2D eigenvalue weighted by Gasteiger charge is 2.41. The number of nitrogens with one attached hydrogen (secondary N) is 1. The Morgan fingerprint density at radius 1 is 1.31 bits per heavy atom. The molecule has 2 amide bonds. The number of carbonyl (C=O) groups is 2. The van der Waals surface area contributed by atoms with E-state index in [0.29, 0.717) is 17.9 Å². The first kappa shape index (κ1) is 18.0. The van der Waals surface area contributed by atoms with Gasteiger partial charge in [0.05, 0.1) is 18.7 Å². The number of primary amides is 1. The third-order valence-corrected chi connectivity index (χ3v) is 4.79. The van der Waals surface area contributed by atoms with Crippen LogP contribution < -0.4 is 20.5 Å². The van der Waals surface area contributed by atoms with Crippen molar-refractivity contribution in [3.05, 3.63) is 35.9 Å². The second-order valence-electron chi connectivity index (χ2n) is 6.29. The van der Waals surface area contributed by atoms with Crippen LogP contribution in [-0.2, 0) is 4.79 Å². The maximum absolute atomic E-state index is 13.9. The Morgan fingerprint density at radius 3 is 2.73 bits per heavy atom. The highest BCUT2D eigenvalue weighted by molar-refractivity contribution is 6.02. The number of rotatable bonds is 6. The highest BCUT2D eigenvalue weighted by atomic mass is 19.1. The summed E-state index contributed by atoms with van der Waals surface area (Å²) < 4.78 is 25.0. The van der Waals surface area contributed by atoms with Crippen LogP contribution in [0.15, 0.2) is 30.3 Å². The molecule has 138 valence electrons. The van der Waals surface area contributed by atoms with Gasteiger partial charge in [0, 0.05) is 11.3 Å². The molecule has 0 spiro atoms. The molecule has 1 aliphatic heterocycles. The number of nitrogens with two attached hydrogens (primary N) is 1. The van der Waals surface area contributed by atoms with Gasteiger partial charge in [-0.25, -0.2) is 4.39 Å². The maximum atomic E-state index is 13.9. The lowest BCUT2D eigenvalue weighted by Crippen LogP contribution is -2.34. The van der Waals surface area contributed by atoms with Gasteiger partial charge in [0.15, 0.2) is 6.17 Å². The summed E-state index contributed by atoms with van der Waals surface area (Å²) in [7, 11) is 1.46. The predicted octanol–water partition coefficient (Wildman–Crippen LogP) is 2.19. The topological polar surface area (TPSA) is 90.6 Å². The number of halogens is 1. The first-order valence-electron chi connectivity index (χ1n) is 8.44. The Labute approximate surface area is 150 Å². The fraction of sp³-hybridized carbons (Fsp3) is 0.368. The molecule has 0 unspecified atom stereocenters. The molecule has 0 saturated carbocycles. The molecule has 26 heavy (non-hydrogen) atoms. The number of benzene rings is 2. The Hall–Kier alpha value is -2.83. The largest absolute Gasteiger partial charge is 0.496 e. The monoisotopic (exact) mass is 360 g/mol. The number of hydrogen-bond acceptors (Lipinski definition) is 4. The summed E-state index contributed by atoms with van der Waals surface area (Å²) in [5.41, 5.74) is 5.68. The van der Waals surface area contributed by atoms with Crippen LogP contribution >= 0.6 is 0 Å². The van der Waals surface area contributed by atoms with Crippen molar-refractivity contribution in [2.45, 2.75) is 25.6 Å². The highest BCUT2D eigenvalue weighted by Crippen LogP contribution is 2.33. The molecule has 0 radical (unpaired) electrons. The van der Waals surface area contributed by atoms with Crippen LogP contribution in [0.25, 0.3) is 10.8 Å². The molecule has 1 aliphatic rings. The van der Waals surface area contributed by atoms with Gasteiger partial charge in [-0.2, -0.15) is 0 Å². The van der Waals surface area contributed by atoms with Crippen molar-refractivity contribution in [1.82, 2.24) is 5.32 Å². The van der Waals surface area contributed by atoms with Gasteiger partial charge in [0.25, 0.3) is 11.8 Å². The molecule has 0 aromatic heterocycles. The van der Waals surface area contributed by atoms with Crippen LogP contribution in [0.4, 0.5) is 4.39 Å². The zero-order chi connectivity index (χ0) is 18.8. The molecule has 0 aliphatic carbocycles. The Kier molecular flexibility index (Phi) is 4.97. The van der Waals surface area contributed by atoms with Crippen LogP contribution in [0, 0.1) is 5.92 Å². The molecule has 7 heteroatoms. The number of fused-ring (bicyclic) bond motifs is 1. The van der Waals surface area contributed by atoms with E-state index in [1.807, 2.05) is 13.0 Å². The Bertz CT molecular complexity index is 855. The molecular weight excluding hydrogens is 339 g/mol. The summed E-state index contributed by atoms with van der Waals surface area (Å²) in [6.45, 7) is 2.00. The summed E-state index contributed by atoms with van der Waals surface area (Å²) in [6.07, 6.45) is -0.960. The van der Waals surface area contributed by atoms with Crippen molar-refractivity contribution in [3.8, 4) is 11.5 Å². The first-order chi connectivity index (χ1) is 12.5. The Balaban J connectivity index is 1.89. The third-order valence-electron chi connectivity index (χ3n) is 4.79. The molecule has 3 N–H and O–H groups in total. The summed E-state index contributed by atoms with van der Waals surface area (Å²) in [6, 6.07) is 8.34. The normalized spacial score (nSPS) is 22.3. The summed E-state index contributed by atoms with van der Waals surface area (Å²) in [5.74, 6) is -0.665. The lowest BCUT2D eigenvalue weighted by Gasteiger charge is -2.19. The number of carbonyl (C=O) groups excluding carboxylic acids is 2. The SMILES string of the molecule is CC[C@@H]1[C@H](F)C(=O)N[C@@H]1COc1cccc2cc(C(N)=O)c(OC)cc12. The van der Waals surface area contributed by atoms with Gasteiger partial charge in [-0.05, 0) is 30.0 Å². The van der Waals surface area contributed by atoms with Crippen molar-refractivity contribution in [1.29, 1.82) is 0 Å². The number of methoxy groups -OCH3 is 1. The molecule has 2 aromatic rings. The minimum atomic E-state index is -1.50. The lowest BCUT2D eigenvalue weighted by atomic mass is 9.97. The van der Waals surface area contributed by atoms with E-state index in [4.69, 9.17) is 15.2 Å². The summed E-state index contributed by atoms with van der Waals surface area (Å²) in [4.78, 5) is 23.1. The molecule has 1 heterocycles. The Morgan fingerprint density at radius 2 is 2.08 bits per heavy atom. The average molecular weight is 360 g/mol. The van der Waals surface area contributed by atoms with E-state index in [1.165, 1.54) is 7.11 Å². The second kappa shape index (κ2) is 7.19.